The first-order chi connectivity index (χ1) is 14.3. The van der Waals surface area contributed by atoms with Gasteiger partial charge in [0, 0.05) is 50.8 Å². The molecule has 2 N–H and O–H groups in total. The zero-order valence-corrected chi connectivity index (χ0v) is 17.0. The van der Waals surface area contributed by atoms with Crippen molar-refractivity contribution >= 4 is 34.5 Å². The van der Waals surface area contributed by atoms with Crippen LogP contribution in [0.5, 0.6) is 0 Å². The van der Waals surface area contributed by atoms with E-state index in [0.717, 1.165) is 43.2 Å². The molecule has 7 heteroatoms. The molecule has 1 aliphatic rings. The molecule has 2 aromatic heterocycles. The number of rotatable bonds is 5. The van der Waals surface area contributed by atoms with E-state index in [1.165, 1.54) is 5.69 Å². The highest BCUT2D eigenvalue weighted by molar-refractivity contribution is 7.80. The van der Waals surface area contributed by atoms with Crippen LogP contribution >= 0.6 is 12.2 Å². The fourth-order valence-electron chi connectivity index (χ4n) is 3.34. The molecule has 0 amide bonds. The van der Waals surface area contributed by atoms with Gasteiger partial charge < -0.3 is 20.4 Å². The Morgan fingerprint density at radius 2 is 1.69 bits per heavy atom. The number of hydrogen-bond acceptors (Lipinski definition) is 5. The Bertz CT molecular complexity index is 909. The fourth-order valence-corrected chi connectivity index (χ4v) is 3.53. The first-order valence-electron chi connectivity index (χ1n) is 9.73. The van der Waals surface area contributed by atoms with Crippen molar-refractivity contribution in [3.8, 4) is 0 Å². The third-order valence-corrected chi connectivity index (χ3v) is 5.15. The van der Waals surface area contributed by atoms with E-state index in [2.05, 4.69) is 60.7 Å². The van der Waals surface area contributed by atoms with Gasteiger partial charge in [0.15, 0.2) is 5.11 Å². The quantitative estimate of drug-likeness (QED) is 0.633. The third kappa shape index (κ3) is 5.20. The zero-order valence-electron chi connectivity index (χ0n) is 16.2. The summed E-state index contributed by atoms with van der Waals surface area (Å²) in [5.41, 5.74) is 3.24. The van der Waals surface area contributed by atoms with Gasteiger partial charge in [0.05, 0.1) is 11.9 Å². The number of piperazine rings is 1. The monoisotopic (exact) mass is 404 g/mol. The maximum absolute atomic E-state index is 5.37. The molecule has 6 nitrogen and oxygen atoms in total. The second kappa shape index (κ2) is 9.34. The lowest BCUT2D eigenvalue weighted by molar-refractivity contribution is 0.647. The minimum Gasteiger partial charge on any atom is -0.368 e. The molecule has 0 saturated carbocycles. The molecule has 0 bridgehead atoms. The van der Waals surface area contributed by atoms with Gasteiger partial charge in [0.1, 0.15) is 5.82 Å². The van der Waals surface area contributed by atoms with Crippen LogP contribution in [0.3, 0.4) is 0 Å². The predicted molar refractivity (Wildman–Crippen MR) is 122 cm³/mol. The zero-order chi connectivity index (χ0) is 19.9. The highest BCUT2D eigenvalue weighted by atomic mass is 32.1. The summed E-state index contributed by atoms with van der Waals surface area (Å²) in [4.78, 5) is 13.5. The molecular formula is C22H24N6S. The van der Waals surface area contributed by atoms with Gasteiger partial charge in [-0.25, -0.2) is 4.98 Å². The number of anilines is 3. The first-order valence-corrected chi connectivity index (χ1v) is 10.1. The van der Waals surface area contributed by atoms with Gasteiger partial charge >= 0.3 is 0 Å². The molecular weight excluding hydrogens is 380 g/mol. The summed E-state index contributed by atoms with van der Waals surface area (Å²) in [7, 11) is 0. The summed E-state index contributed by atoms with van der Waals surface area (Å²) in [6, 6.07) is 18.6. The van der Waals surface area contributed by atoms with Crippen LogP contribution < -0.4 is 20.4 Å². The van der Waals surface area contributed by atoms with Gasteiger partial charge in [-0.15, -0.1) is 0 Å². The van der Waals surface area contributed by atoms with Gasteiger partial charge in [0.25, 0.3) is 0 Å². The molecule has 1 aliphatic heterocycles. The van der Waals surface area contributed by atoms with Crippen molar-refractivity contribution in [2.45, 2.75) is 6.54 Å². The molecule has 0 radical (unpaired) electrons. The van der Waals surface area contributed by atoms with Gasteiger partial charge in [-0.3, -0.25) is 4.98 Å². The predicted octanol–water partition coefficient (Wildman–Crippen LogP) is 3.29. The van der Waals surface area contributed by atoms with E-state index in [-0.39, 0.29) is 0 Å². The molecule has 1 aromatic carbocycles. The molecule has 0 spiro atoms. The summed E-state index contributed by atoms with van der Waals surface area (Å²) in [5.74, 6) is 0.998. The van der Waals surface area contributed by atoms with Crippen LogP contribution in [0, 0.1) is 0 Å². The van der Waals surface area contributed by atoms with Gasteiger partial charge in [-0.2, -0.15) is 0 Å². The number of hydrogen-bond donors (Lipinski definition) is 2. The normalized spacial score (nSPS) is 13.8. The van der Waals surface area contributed by atoms with E-state index in [0.29, 0.717) is 11.7 Å². The Labute approximate surface area is 176 Å². The minimum atomic E-state index is 0.569. The van der Waals surface area contributed by atoms with Crippen molar-refractivity contribution in [3.63, 3.8) is 0 Å². The molecule has 1 saturated heterocycles. The van der Waals surface area contributed by atoms with Gasteiger partial charge in [0.2, 0.25) is 0 Å². The van der Waals surface area contributed by atoms with E-state index < -0.39 is 0 Å². The molecule has 3 aromatic rings. The van der Waals surface area contributed by atoms with Crippen LogP contribution in [0.1, 0.15) is 5.56 Å². The van der Waals surface area contributed by atoms with Crippen molar-refractivity contribution < 1.29 is 0 Å². The van der Waals surface area contributed by atoms with Crippen LogP contribution in [0.25, 0.3) is 0 Å². The number of pyridine rings is 2. The van der Waals surface area contributed by atoms with Crippen molar-refractivity contribution in [2.75, 3.05) is 41.3 Å². The minimum absolute atomic E-state index is 0.569. The number of para-hydroxylation sites is 1. The van der Waals surface area contributed by atoms with Crippen molar-refractivity contribution in [2.24, 2.45) is 0 Å². The van der Waals surface area contributed by atoms with Crippen LogP contribution in [0.4, 0.5) is 17.2 Å². The molecule has 0 aliphatic carbocycles. The van der Waals surface area contributed by atoms with E-state index >= 15 is 0 Å². The van der Waals surface area contributed by atoms with Crippen LogP contribution in [-0.4, -0.2) is 41.3 Å². The van der Waals surface area contributed by atoms with Crippen molar-refractivity contribution in [1.29, 1.82) is 0 Å². The molecule has 4 rings (SSSR count). The molecule has 0 unspecified atom stereocenters. The molecule has 0 atom stereocenters. The second-order valence-electron chi connectivity index (χ2n) is 6.88. The molecule has 3 heterocycles. The topological polar surface area (TPSA) is 56.3 Å². The fraction of sp³-hybridized carbons (Fsp3) is 0.227. The third-order valence-electron chi connectivity index (χ3n) is 4.91. The van der Waals surface area contributed by atoms with Gasteiger partial charge in [-0.05, 0) is 48.1 Å². The Morgan fingerprint density at radius 3 is 2.38 bits per heavy atom. The van der Waals surface area contributed by atoms with E-state index in [1.54, 1.807) is 6.20 Å². The number of benzene rings is 1. The lowest BCUT2D eigenvalue weighted by atomic mass is 10.2. The summed E-state index contributed by atoms with van der Waals surface area (Å²) in [5, 5.41) is 6.93. The van der Waals surface area contributed by atoms with Crippen molar-refractivity contribution in [3.05, 3.63) is 78.8 Å². The van der Waals surface area contributed by atoms with Crippen LogP contribution in [0.15, 0.2) is 73.2 Å². The highest BCUT2D eigenvalue weighted by Crippen LogP contribution is 2.20. The van der Waals surface area contributed by atoms with Gasteiger partial charge in [-0.1, -0.05) is 24.3 Å². The SMILES string of the molecule is S=C(NCc1cccnc1)Nc1ccc(N2CCN(c3ccccc3)CC2)nc1. The Hall–Kier alpha value is -3.19. The molecule has 148 valence electrons. The van der Waals surface area contributed by atoms with Crippen LogP contribution in [-0.2, 0) is 6.54 Å². The smallest absolute Gasteiger partial charge is 0.171 e. The summed E-state index contributed by atoms with van der Waals surface area (Å²) < 4.78 is 0. The average molecular weight is 405 g/mol. The van der Waals surface area contributed by atoms with E-state index in [9.17, 15) is 0 Å². The van der Waals surface area contributed by atoms with E-state index in [4.69, 9.17) is 12.2 Å². The van der Waals surface area contributed by atoms with Crippen LogP contribution in [0.2, 0.25) is 0 Å². The number of aromatic nitrogens is 2. The Balaban J connectivity index is 1.26. The maximum atomic E-state index is 5.37. The number of nitrogens with one attached hydrogen (secondary N) is 2. The molecule has 1 fully saturated rings. The Morgan fingerprint density at radius 1 is 0.897 bits per heavy atom. The standard InChI is InChI=1S/C22H24N6S/c29-22(25-16-18-5-4-10-23-15-18)26-19-8-9-21(24-17-19)28-13-11-27(12-14-28)20-6-2-1-3-7-20/h1-10,15,17H,11-14,16H2,(H2,25,26,29). The van der Waals surface area contributed by atoms with E-state index in [1.807, 2.05) is 36.7 Å². The summed E-state index contributed by atoms with van der Waals surface area (Å²) in [6.45, 7) is 4.54. The maximum Gasteiger partial charge on any atom is 0.171 e. The van der Waals surface area contributed by atoms with Crippen molar-refractivity contribution in [1.82, 2.24) is 15.3 Å². The highest BCUT2D eigenvalue weighted by Gasteiger charge is 2.18. The lowest BCUT2D eigenvalue weighted by Crippen LogP contribution is -2.46. The number of nitrogens with zero attached hydrogens (tertiary/aromatic N) is 4. The number of thiocarbonyl (C=S) groups is 1. The Kier molecular flexibility index (Phi) is 6.16. The average Bonchev–Trinajstić information content (AvgIpc) is 2.80. The summed E-state index contributed by atoms with van der Waals surface area (Å²) >= 11 is 5.37. The summed E-state index contributed by atoms with van der Waals surface area (Å²) in [6.07, 6.45) is 5.41. The largest absolute Gasteiger partial charge is 0.368 e. The first kappa shape index (κ1) is 19.1. The molecule has 29 heavy (non-hydrogen) atoms. The lowest BCUT2D eigenvalue weighted by Gasteiger charge is -2.36. The second-order valence-corrected chi connectivity index (χ2v) is 7.29.